The summed E-state index contributed by atoms with van der Waals surface area (Å²) in [7, 11) is 0. The standard InChI is InChI=1S/C10H12N2O7/c13-6(8(15)19-10-12-2-4-17-10)5-7(14)18-9-11-1-3-16-9/h6,13H,1-5H2. The molecule has 0 aromatic rings. The van der Waals surface area contributed by atoms with Crippen LogP contribution in [-0.2, 0) is 28.5 Å². The van der Waals surface area contributed by atoms with Crippen molar-refractivity contribution in [1.82, 2.24) is 0 Å². The summed E-state index contributed by atoms with van der Waals surface area (Å²) in [5.74, 6) is -1.88. The molecule has 1 atom stereocenters. The van der Waals surface area contributed by atoms with E-state index in [9.17, 15) is 14.7 Å². The van der Waals surface area contributed by atoms with Crippen LogP contribution in [0.15, 0.2) is 9.98 Å². The molecule has 0 bridgehead atoms. The SMILES string of the molecule is O=C(CC(O)C(=O)OC1=NCCO1)OC1=NCCO1. The minimum atomic E-state index is -1.67. The van der Waals surface area contributed by atoms with Crippen molar-refractivity contribution in [1.29, 1.82) is 0 Å². The van der Waals surface area contributed by atoms with Crippen molar-refractivity contribution in [3.8, 4) is 0 Å². The van der Waals surface area contributed by atoms with Gasteiger partial charge in [0.05, 0.1) is 19.5 Å². The van der Waals surface area contributed by atoms with Gasteiger partial charge in [0.1, 0.15) is 13.2 Å². The third-order valence-electron chi connectivity index (χ3n) is 2.14. The molecule has 2 aliphatic heterocycles. The van der Waals surface area contributed by atoms with Gasteiger partial charge in [-0.25, -0.2) is 14.8 Å². The summed E-state index contributed by atoms with van der Waals surface area (Å²) in [5, 5.41) is 9.46. The average Bonchev–Trinajstić information content (AvgIpc) is 3.01. The van der Waals surface area contributed by atoms with Gasteiger partial charge in [-0.05, 0) is 0 Å². The van der Waals surface area contributed by atoms with Crippen LogP contribution in [0.4, 0.5) is 0 Å². The number of hydrogen-bond donors (Lipinski definition) is 1. The molecular formula is C10H12N2O7. The van der Waals surface area contributed by atoms with E-state index in [1.165, 1.54) is 0 Å². The van der Waals surface area contributed by atoms with Gasteiger partial charge in [0.25, 0.3) is 0 Å². The average molecular weight is 272 g/mol. The maximum absolute atomic E-state index is 11.4. The van der Waals surface area contributed by atoms with Gasteiger partial charge in [-0.3, -0.25) is 4.79 Å². The van der Waals surface area contributed by atoms with Gasteiger partial charge >= 0.3 is 24.1 Å². The summed E-state index contributed by atoms with van der Waals surface area (Å²) in [6.07, 6.45) is -2.61. The molecule has 0 aromatic heterocycles. The van der Waals surface area contributed by atoms with Crippen molar-refractivity contribution in [3.05, 3.63) is 0 Å². The Kier molecular flexibility index (Phi) is 4.29. The van der Waals surface area contributed by atoms with E-state index in [1.54, 1.807) is 0 Å². The Morgan fingerprint density at radius 3 is 2.26 bits per heavy atom. The molecule has 0 saturated carbocycles. The van der Waals surface area contributed by atoms with Crippen LogP contribution in [0.2, 0.25) is 0 Å². The summed E-state index contributed by atoms with van der Waals surface area (Å²) >= 11 is 0. The fraction of sp³-hybridized carbons (Fsp3) is 0.600. The Bertz CT molecular complexity index is 432. The number of carbonyl (C=O) groups excluding carboxylic acids is 2. The van der Waals surface area contributed by atoms with Crippen molar-refractivity contribution in [2.24, 2.45) is 9.98 Å². The zero-order chi connectivity index (χ0) is 13.7. The monoisotopic (exact) mass is 272 g/mol. The fourth-order valence-corrected chi connectivity index (χ4v) is 1.29. The molecule has 1 unspecified atom stereocenters. The van der Waals surface area contributed by atoms with Crippen LogP contribution in [-0.4, -0.2) is 61.6 Å². The highest BCUT2D eigenvalue weighted by molar-refractivity contribution is 5.91. The van der Waals surface area contributed by atoms with E-state index in [4.69, 9.17) is 9.47 Å². The molecule has 0 radical (unpaired) electrons. The number of aliphatic hydroxyl groups is 1. The Labute approximate surface area is 107 Å². The topological polar surface area (TPSA) is 116 Å². The minimum absolute atomic E-state index is 0.158. The van der Waals surface area contributed by atoms with Crippen molar-refractivity contribution in [2.45, 2.75) is 12.5 Å². The highest BCUT2D eigenvalue weighted by Gasteiger charge is 2.26. The number of esters is 2. The van der Waals surface area contributed by atoms with Crippen molar-refractivity contribution < 1.29 is 33.6 Å². The lowest BCUT2D eigenvalue weighted by Crippen LogP contribution is -2.29. The predicted octanol–water partition coefficient (Wildman–Crippen LogP) is -1.40. The van der Waals surface area contributed by atoms with Gasteiger partial charge in [-0.2, -0.15) is 0 Å². The van der Waals surface area contributed by atoms with Crippen LogP contribution in [0, 0.1) is 0 Å². The first-order valence-corrected chi connectivity index (χ1v) is 5.60. The Balaban J connectivity index is 1.74. The zero-order valence-electron chi connectivity index (χ0n) is 9.90. The highest BCUT2D eigenvalue weighted by atomic mass is 16.7. The quantitative estimate of drug-likeness (QED) is 0.628. The largest absolute Gasteiger partial charge is 0.448 e. The van der Waals surface area contributed by atoms with Crippen LogP contribution < -0.4 is 0 Å². The molecule has 104 valence electrons. The second-order valence-corrected chi connectivity index (χ2v) is 3.61. The molecule has 0 saturated heterocycles. The third kappa shape index (κ3) is 3.91. The first kappa shape index (κ1) is 13.3. The van der Waals surface area contributed by atoms with Crippen LogP contribution in [0.1, 0.15) is 6.42 Å². The van der Waals surface area contributed by atoms with E-state index in [1.807, 2.05) is 0 Å². The van der Waals surface area contributed by atoms with Gasteiger partial charge in [-0.1, -0.05) is 0 Å². The van der Waals surface area contributed by atoms with Crippen LogP contribution in [0.5, 0.6) is 0 Å². The molecular weight excluding hydrogens is 260 g/mol. The molecule has 9 heteroatoms. The van der Waals surface area contributed by atoms with Crippen LogP contribution >= 0.6 is 0 Å². The summed E-state index contributed by atoms with van der Waals surface area (Å²) in [5.41, 5.74) is 0. The molecule has 0 spiro atoms. The van der Waals surface area contributed by atoms with Gasteiger partial charge in [0.2, 0.25) is 0 Å². The predicted molar refractivity (Wildman–Crippen MR) is 59.3 cm³/mol. The Morgan fingerprint density at radius 1 is 1.16 bits per heavy atom. The molecule has 1 N–H and O–H groups in total. The minimum Gasteiger partial charge on any atom is -0.448 e. The van der Waals surface area contributed by atoms with Crippen LogP contribution in [0.3, 0.4) is 0 Å². The number of nitrogens with zero attached hydrogens (tertiary/aromatic N) is 2. The molecule has 0 fully saturated rings. The molecule has 0 aromatic carbocycles. The lowest BCUT2D eigenvalue weighted by molar-refractivity contribution is -0.152. The first-order chi connectivity index (χ1) is 9.15. The number of aliphatic hydroxyl groups excluding tert-OH is 1. The number of ether oxygens (including phenoxy) is 4. The van der Waals surface area contributed by atoms with E-state index < -0.39 is 24.5 Å². The van der Waals surface area contributed by atoms with Crippen LogP contribution in [0.25, 0.3) is 0 Å². The van der Waals surface area contributed by atoms with Crippen molar-refractivity contribution in [2.75, 3.05) is 26.3 Å². The molecule has 2 heterocycles. The molecule has 0 amide bonds. The van der Waals surface area contributed by atoms with Crippen molar-refractivity contribution >= 4 is 24.1 Å². The summed E-state index contributed by atoms with van der Waals surface area (Å²) in [4.78, 5) is 30.1. The van der Waals surface area contributed by atoms with E-state index in [0.717, 1.165) is 0 Å². The summed E-state index contributed by atoms with van der Waals surface area (Å²) in [6.45, 7) is 1.45. The van der Waals surface area contributed by atoms with Gasteiger partial charge < -0.3 is 24.1 Å². The van der Waals surface area contributed by atoms with E-state index in [2.05, 4.69) is 19.5 Å². The molecule has 2 aliphatic rings. The normalized spacial score (nSPS) is 18.8. The Morgan fingerprint density at radius 2 is 1.74 bits per heavy atom. The second kappa shape index (κ2) is 6.14. The number of hydrogen-bond acceptors (Lipinski definition) is 9. The smallest absolute Gasteiger partial charge is 0.391 e. The molecule has 19 heavy (non-hydrogen) atoms. The molecule has 2 rings (SSSR count). The summed E-state index contributed by atoms with van der Waals surface area (Å²) in [6, 6.07) is 0. The van der Waals surface area contributed by atoms with E-state index in [-0.39, 0.29) is 12.2 Å². The number of rotatable bonds is 3. The Hall–Kier alpha value is -2.16. The van der Waals surface area contributed by atoms with Crippen molar-refractivity contribution in [3.63, 3.8) is 0 Å². The maximum atomic E-state index is 11.4. The zero-order valence-corrected chi connectivity index (χ0v) is 9.90. The highest BCUT2D eigenvalue weighted by Crippen LogP contribution is 2.04. The summed E-state index contributed by atoms with van der Waals surface area (Å²) < 4.78 is 18.9. The lowest BCUT2D eigenvalue weighted by Gasteiger charge is -2.09. The number of aliphatic imine (C=N–C) groups is 2. The van der Waals surface area contributed by atoms with Gasteiger partial charge in [0.15, 0.2) is 6.10 Å². The fourth-order valence-electron chi connectivity index (χ4n) is 1.29. The molecule has 9 nitrogen and oxygen atoms in total. The first-order valence-electron chi connectivity index (χ1n) is 5.60. The number of carbonyl (C=O) groups is 2. The van der Waals surface area contributed by atoms with E-state index in [0.29, 0.717) is 26.3 Å². The third-order valence-corrected chi connectivity index (χ3v) is 2.14. The van der Waals surface area contributed by atoms with Gasteiger partial charge in [-0.15, -0.1) is 0 Å². The van der Waals surface area contributed by atoms with Gasteiger partial charge in [0, 0.05) is 0 Å². The maximum Gasteiger partial charge on any atom is 0.391 e. The second-order valence-electron chi connectivity index (χ2n) is 3.61. The van der Waals surface area contributed by atoms with E-state index >= 15 is 0 Å². The molecule has 0 aliphatic carbocycles. The lowest BCUT2D eigenvalue weighted by atomic mass is 10.2.